The van der Waals surface area contributed by atoms with Crippen molar-refractivity contribution in [1.29, 1.82) is 0 Å². The minimum absolute atomic E-state index is 0.114. The number of hydrogen-bond donors (Lipinski definition) is 0. The fourth-order valence-electron chi connectivity index (χ4n) is 2.94. The molecule has 1 amide bonds. The first-order valence-electron chi connectivity index (χ1n) is 8.54. The lowest BCUT2D eigenvalue weighted by Crippen LogP contribution is -2.32. The lowest BCUT2D eigenvalue weighted by Gasteiger charge is -2.18. The predicted molar refractivity (Wildman–Crippen MR) is 106 cm³/mol. The van der Waals surface area contributed by atoms with Crippen LogP contribution in [-0.2, 0) is 4.79 Å². The van der Waals surface area contributed by atoms with Gasteiger partial charge in [0.25, 0.3) is 5.91 Å². The lowest BCUT2D eigenvalue weighted by atomic mass is 10.1. The highest BCUT2D eigenvalue weighted by Crippen LogP contribution is 2.28. The molecule has 0 bridgehead atoms. The molecular formula is C23H18N2O. The number of anilines is 1. The van der Waals surface area contributed by atoms with Gasteiger partial charge in [-0.2, -0.15) is 0 Å². The topological polar surface area (TPSA) is 32.7 Å². The second-order valence-electron chi connectivity index (χ2n) is 6.22. The summed E-state index contributed by atoms with van der Waals surface area (Å²) in [5.41, 5.74) is 4.28. The Balaban J connectivity index is 1.82. The summed E-state index contributed by atoms with van der Waals surface area (Å²) in [6.07, 6.45) is 1.83. The second-order valence-corrected chi connectivity index (χ2v) is 6.22. The predicted octanol–water partition coefficient (Wildman–Crippen LogP) is 4.83. The maximum Gasteiger partial charge on any atom is 0.282 e. The van der Waals surface area contributed by atoms with Gasteiger partial charge in [0.05, 0.1) is 5.69 Å². The standard InChI is InChI=1S/C23H18N2O/c1-17-12-14-20(15-13-17)25-22(19-10-6-3-7-11-19)24-21(23(25)26)16-18-8-4-2-5-9-18/h2-16H,1H3. The minimum atomic E-state index is -0.114. The normalized spacial score (nSPS) is 15.4. The van der Waals surface area contributed by atoms with Crippen molar-refractivity contribution < 1.29 is 4.79 Å². The van der Waals surface area contributed by atoms with E-state index in [0.717, 1.165) is 22.4 Å². The molecule has 0 saturated heterocycles. The zero-order valence-electron chi connectivity index (χ0n) is 14.5. The number of aliphatic imine (C=N–C) groups is 1. The number of amidine groups is 1. The molecule has 0 aromatic heterocycles. The molecular weight excluding hydrogens is 320 g/mol. The summed E-state index contributed by atoms with van der Waals surface area (Å²) in [5, 5.41) is 0. The summed E-state index contributed by atoms with van der Waals surface area (Å²) in [6, 6.07) is 27.5. The van der Waals surface area contributed by atoms with Gasteiger partial charge in [-0.1, -0.05) is 78.4 Å². The van der Waals surface area contributed by atoms with Gasteiger partial charge in [-0.25, -0.2) is 4.99 Å². The average molecular weight is 338 g/mol. The Labute approximate surface area is 152 Å². The largest absolute Gasteiger partial charge is 0.282 e. The van der Waals surface area contributed by atoms with E-state index in [1.807, 2.05) is 97.9 Å². The molecule has 1 heterocycles. The molecule has 0 atom stereocenters. The van der Waals surface area contributed by atoms with Gasteiger partial charge in [-0.15, -0.1) is 0 Å². The van der Waals surface area contributed by atoms with Crippen molar-refractivity contribution in [3.63, 3.8) is 0 Å². The van der Waals surface area contributed by atoms with Gasteiger partial charge in [0.1, 0.15) is 11.5 Å². The maximum atomic E-state index is 13.1. The molecule has 0 spiro atoms. The van der Waals surface area contributed by atoms with E-state index in [1.165, 1.54) is 0 Å². The lowest BCUT2D eigenvalue weighted by molar-refractivity contribution is -0.113. The van der Waals surface area contributed by atoms with Crippen LogP contribution in [0.15, 0.2) is 95.6 Å². The Morgan fingerprint density at radius 1 is 0.808 bits per heavy atom. The molecule has 26 heavy (non-hydrogen) atoms. The SMILES string of the molecule is Cc1ccc(N2C(=O)C(=Cc3ccccc3)N=C2c2ccccc2)cc1. The van der Waals surface area contributed by atoms with Crippen LogP contribution in [0.4, 0.5) is 5.69 Å². The Morgan fingerprint density at radius 2 is 1.42 bits per heavy atom. The van der Waals surface area contributed by atoms with Crippen LogP contribution >= 0.6 is 0 Å². The van der Waals surface area contributed by atoms with Crippen molar-refractivity contribution in [2.75, 3.05) is 4.90 Å². The van der Waals surface area contributed by atoms with E-state index in [4.69, 9.17) is 0 Å². The van der Waals surface area contributed by atoms with Crippen molar-refractivity contribution in [3.8, 4) is 0 Å². The van der Waals surface area contributed by atoms with Gasteiger partial charge >= 0.3 is 0 Å². The molecule has 1 aliphatic rings. The third kappa shape index (κ3) is 3.07. The van der Waals surface area contributed by atoms with Crippen LogP contribution < -0.4 is 4.90 Å². The highest BCUT2D eigenvalue weighted by Gasteiger charge is 2.32. The summed E-state index contributed by atoms with van der Waals surface area (Å²) >= 11 is 0. The monoisotopic (exact) mass is 338 g/mol. The van der Waals surface area contributed by atoms with Crippen LogP contribution in [0, 0.1) is 6.92 Å². The van der Waals surface area contributed by atoms with E-state index in [-0.39, 0.29) is 5.91 Å². The number of rotatable bonds is 3. The first-order valence-corrected chi connectivity index (χ1v) is 8.54. The Morgan fingerprint density at radius 3 is 2.08 bits per heavy atom. The third-order valence-electron chi connectivity index (χ3n) is 4.29. The van der Waals surface area contributed by atoms with Gasteiger partial charge in [0, 0.05) is 5.56 Å². The molecule has 3 nitrogen and oxygen atoms in total. The van der Waals surface area contributed by atoms with Crippen LogP contribution in [-0.4, -0.2) is 11.7 Å². The highest BCUT2D eigenvalue weighted by atomic mass is 16.2. The van der Waals surface area contributed by atoms with Crippen LogP contribution in [0.25, 0.3) is 6.08 Å². The van der Waals surface area contributed by atoms with Gasteiger partial charge in [0.2, 0.25) is 0 Å². The summed E-state index contributed by atoms with van der Waals surface area (Å²) in [7, 11) is 0. The smallest absolute Gasteiger partial charge is 0.266 e. The van der Waals surface area contributed by atoms with E-state index >= 15 is 0 Å². The van der Waals surface area contributed by atoms with Gasteiger partial charge < -0.3 is 0 Å². The molecule has 0 fully saturated rings. The number of hydrogen-bond acceptors (Lipinski definition) is 2. The van der Waals surface area contributed by atoms with Gasteiger partial charge in [-0.05, 0) is 30.7 Å². The molecule has 0 saturated carbocycles. The highest BCUT2D eigenvalue weighted by molar-refractivity contribution is 6.33. The maximum absolute atomic E-state index is 13.1. The number of benzene rings is 3. The fourth-order valence-corrected chi connectivity index (χ4v) is 2.94. The fraction of sp³-hybridized carbons (Fsp3) is 0.0435. The van der Waals surface area contributed by atoms with Crippen LogP contribution in [0.5, 0.6) is 0 Å². The quantitative estimate of drug-likeness (QED) is 0.630. The molecule has 4 rings (SSSR count). The number of nitrogens with zero attached hydrogens (tertiary/aromatic N) is 2. The molecule has 0 radical (unpaired) electrons. The minimum Gasteiger partial charge on any atom is -0.266 e. The number of carbonyl (C=O) groups is 1. The molecule has 0 N–H and O–H groups in total. The molecule has 3 aromatic rings. The molecule has 3 heteroatoms. The van der Waals surface area contributed by atoms with E-state index in [1.54, 1.807) is 4.90 Å². The summed E-state index contributed by atoms with van der Waals surface area (Å²) in [4.78, 5) is 19.5. The van der Waals surface area contributed by atoms with Crippen LogP contribution in [0.3, 0.4) is 0 Å². The zero-order valence-corrected chi connectivity index (χ0v) is 14.5. The average Bonchev–Trinajstić information content (AvgIpc) is 3.00. The van der Waals surface area contributed by atoms with Gasteiger partial charge in [-0.3, -0.25) is 9.69 Å². The Hall–Kier alpha value is -3.46. The molecule has 3 aromatic carbocycles. The van der Waals surface area contributed by atoms with E-state index in [9.17, 15) is 4.79 Å². The Bertz CT molecular complexity index is 987. The van der Waals surface area contributed by atoms with E-state index < -0.39 is 0 Å². The first-order chi connectivity index (χ1) is 12.7. The molecule has 126 valence electrons. The number of carbonyl (C=O) groups excluding carboxylic acids is 1. The van der Waals surface area contributed by atoms with Crippen molar-refractivity contribution >= 4 is 23.5 Å². The van der Waals surface area contributed by atoms with E-state index in [2.05, 4.69) is 4.99 Å². The van der Waals surface area contributed by atoms with Crippen molar-refractivity contribution in [2.45, 2.75) is 6.92 Å². The summed E-state index contributed by atoms with van der Waals surface area (Å²) in [6.45, 7) is 2.03. The third-order valence-corrected chi connectivity index (χ3v) is 4.29. The number of amides is 1. The molecule has 0 aliphatic carbocycles. The zero-order chi connectivity index (χ0) is 17.9. The van der Waals surface area contributed by atoms with Crippen LogP contribution in [0.1, 0.15) is 16.7 Å². The summed E-state index contributed by atoms with van der Waals surface area (Å²) in [5.74, 6) is 0.540. The Kier molecular flexibility index (Phi) is 4.20. The molecule has 0 unspecified atom stereocenters. The number of aryl methyl sites for hydroxylation is 1. The summed E-state index contributed by atoms with van der Waals surface area (Å²) < 4.78 is 0. The van der Waals surface area contributed by atoms with E-state index in [0.29, 0.717) is 11.5 Å². The van der Waals surface area contributed by atoms with Gasteiger partial charge in [0.15, 0.2) is 0 Å². The van der Waals surface area contributed by atoms with Crippen molar-refractivity contribution in [3.05, 3.63) is 107 Å². The van der Waals surface area contributed by atoms with Crippen LogP contribution in [0.2, 0.25) is 0 Å². The van der Waals surface area contributed by atoms with Crippen molar-refractivity contribution in [1.82, 2.24) is 0 Å². The second kappa shape index (κ2) is 6.81. The molecule has 1 aliphatic heterocycles. The van der Waals surface area contributed by atoms with Crippen molar-refractivity contribution in [2.24, 2.45) is 4.99 Å². The first kappa shape index (κ1) is 16.0.